The number of likely N-dealkylation sites (tertiary alicyclic amines) is 1. The molecule has 1 aromatic heterocycles. The number of rotatable bonds is 9. The highest BCUT2D eigenvalue weighted by atomic mass is 127. The summed E-state index contributed by atoms with van der Waals surface area (Å²) in [6.07, 6.45) is 2.53. The Morgan fingerprint density at radius 2 is 2.07 bits per heavy atom. The molecule has 1 aliphatic heterocycles. The SMILES string of the molecule is CN=C(NCc1cccc(OCC(N)=O)c1)NCC(c1cccs1)N1CCCC1.I. The van der Waals surface area contributed by atoms with Crippen LogP contribution >= 0.6 is 35.3 Å². The van der Waals surface area contributed by atoms with Crippen molar-refractivity contribution in [3.63, 3.8) is 0 Å². The Balaban J connectivity index is 0.00000320. The van der Waals surface area contributed by atoms with Crippen molar-refractivity contribution in [1.29, 1.82) is 0 Å². The molecule has 0 saturated carbocycles. The number of hydrogen-bond donors (Lipinski definition) is 3. The molecule has 1 aliphatic rings. The molecule has 1 saturated heterocycles. The summed E-state index contributed by atoms with van der Waals surface area (Å²) < 4.78 is 5.37. The van der Waals surface area contributed by atoms with Crippen molar-refractivity contribution in [1.82, 2.24) is 15.5 Å². The Kier molecular flexibility index (Phi) is 10.4. The van der Waals surface area contributed by atoms with Crippen molar-refractivity contribution < 1.29 is 9.53 Å². The first kappa shape index (κ1) is 24.4. The Labute approximate surface area is 199 Å². The molecular weight excluding hydrogens is 513 g/mol. The predicted octanol–water partition coefficient (Wildman–Crippen LogP) is 2.73. The van der Waals surface area contributed by atoms with Crippen LogP contribution in [-0.2, 0) is 11.3 Å². The van der Waals surface area contributed by atoms with E-state index in [9.17, 15) is 4.79 Å². The van der Waals surface area contributed by atoms with Gasteiger partial charge in [0.1, 0.15) is 5.75 Å². The van der Waals surface area contributed by atoms with Gasteiger partial charge in [0, 0.05) is 25.0 Å². The van der Waals surface area contributed by atoms with Crippen molar-refractivity contribution in [2.45, 2.75) is 25.4 Å². The molecule has 7 nitrogen and oxygen atoms in total. The molecule has 0 bridgehead atoms. The number of guanidine groups is 1. The molecular formula is C21H30IN5O2S. The molecule has 1 fully saturated rings. The lowest BCUT2D eigenvalue weighted by Crippen LogP contribution is -2.42. The van der Waals surface area contributed by atoms with E-state index in [1.807, 2.05) is 18.2 Å². The Bertz CT molecular complexity index is 809. The van der Waals surface area contributed by atoms with Crippen LogP contribution in [0.2, 0.25) is 0 Å². The van der Waals surface area contributed by atoms with Crippen LogP contribution in [0.3, 0.4) is 0 Å². The quantitative estimate of drug-likeness (QED) is 0.257. The molecule has 2 aromatic rings. The van der Waals surface area contributed by atoms with Gasteiger partial charge in [-0.1, -0.05) is 18.2 Å². The number of carbonyl (C=O) groups is 1. The molecule has 2 heterocycles. The molecule has 1 aromatic carbocycles. The lowest BCUT2D eigenvalue weighted by atomic mass is 10.2. The van der Waals surface area contributed by atoms with Crippen LogP contribution in [0, 0.1) is 0 Å². The molecule has 9 heteroatoms. The highest BCUT2D eigenvalue weighted by Crippen LogP contribution is 2.27. The second-order valence-corrected chi connectivity index (χ2v) is 7.96. The number of nitrogens with two attached hydrogens (primary N) is 1. The van der Waals surface area contributed by atoms with Crippen molar-refractivity contribution in [2.75, 3.05) is 33.3 Å². The lowest BCUT2D eigenvalue weighted by Gasteiger charge is -2.27. The number of hydrogen-bond acceptors (Lipinski definition) is 5. The molecule has 3 rings (SSSR count). The summed E-state index contributed by atoms with van der Waals surface area (Å²) in [6.45, 7) is 3.58. The van der Waals surface area contributed by atoms with Crippen LogP contribution in [0.25, 0.3) is 0 Å². The molecule has 30 heavy (non-hydrogen) atoms. The van der Waals surface area contributed by atoms with Crippen molar-refractivity contribution in [2.24, 2.45) is 10.7 Å². The first-order valence-electron chi connectivity index (χ1n) is 9.87. The lowest BCUT2D eigenvalue weighted by molar-refractivity contribution is -0.119. The van der Waals surface area contributed by atoms with E-state index in [1.165, 1.54) is 17.7 Å². The number of nitrogens with one attached hydrogen (secondary N) is 2. The van der Waals surface area contributed by atoms with Crippen LogP contribution in [-0.4, -0.2) is 50.1 Å². The van der Waals surface area contributed by atoms with Gasteiger partial charge in [-0.2, -0.15) is 0 Å². The number of carbonyl (C=O) groups excluding carboxylic acids is 1. The van der Waals surface area contributed by atoms with Crippen molar-refractivity contribution in [3.05, 3.63) is 52.2 Å². The summed E-state index contributed by atoms with van der Waals surface area (Å²) in [6, 6.07) is 12.3. The van der Waals surface area contributed by atoms with Gasteiger partial charge < -0.3 is 21.1 Å². The van der Waals surface area contributed by atoms with E-state index in [2.05, 4.69) is 38.0 Å². The fourth-order valence-electron chi connectivity index (χ4n) is 3.44. The molecule has 1 atom stereocenters. The first-order valence-corrected chi connectivity index (χ1v) is 10.8. The van der Waals surface area contributed by atoms with Gasteiger partial charge in [0.05, 0.1) is 6.04 Å². The second-order valence-electron chi connectivity index (χ2n) is 6.98. The number of nitrogens with zero attached hydrogens (tertiary/aromatic N) is 2. The van der Waals surface area contributed by atoms with Crippen molar-refractivity contribution in [3.8, 4) is 5.75 Å². The van der Waals surface area contributed by atoms with E-state index >= 15 is 0 Å². The Hall–Kier alpha value is -1.85. The standard InChI is InChI=1S/C21H29N5O2S.HI/c1-23-21(24-13-16-6-4-7-17(12-16)28-15-20(22)27)25-14-18(19-8-5-11-29-19)26-9-2-3-10-26;/h4-8,11-12,18H,2-3,9-10,13-15H2,1H3,(H2,22,27)(H2,23,24,25);1H. The van der Waals surface area contributed by atoms with E-state index < -0.39 is 5.91 Å². The van der Waals surface area contributed by atoms with E-state index in [0.717, 1.165) is 31.2 Å². The number of amides is 1. The minimum Gasteiger partial charge on any atom is -0.484 e. The van der Waals surface area contributed by atoms with Gasteiger partial charge in [-0.3, -0.25) is 14.7 Å². The minimum atomic E-state index is -0.489. The maximum absolute atomic E-state index is 10.9. The van der Waals surface area contributed by atoms with Gasteiger partial charge in [0.2, 0.25) is 0 Å². The maximum atomic E-state index is 10.9. The van der Waals surface area contributed by atoms with Gasteiger partial charge in [-0.15, -0.1) is 35.3 Å². The molecule has 1 unspecified atom stereocenters. The molecule has 164 valence electrons. The third-order valence-electron chi connectivity index (χ3n) is 4.88. The number of aliphatic imine (C=N–C) groups is 1. The summed E-state index contributed by atoms with van der Waals surface area (Å²) in [7, 11) is 1.78. The first-order chi connectivity index (χ1) is 14.2. The van der Waals surface area contributed by atoms with Crippen LogP contribution in [0.4, 0.5) is 0 Å². The van der Waals surface area contributed by atoms with Gasteiger partial charge in [-0.25, -0.2) is 0 Å². The number of thiophene rings is 1. The van der Waals surface area contributed by atoms with Crippen LogP contribution in [0.1, 0.15) is 29.3 Å². The Morgan fingerprint density at radius 1 is 1.27 bits per heavy atom. The average Bonchev–Trinajstić information content (AvgIpc) is 3.44. The second kappa shape index (κ2) is 12.8. The molecule has 0 radical (unpaired) electrons. The summed E-state index contributed by atoms with van der Waals surface area (Å²) >= 11 is 1.81. The Morgan fingerprint density at radius 3 is 2.73 bits per heavy atom. The third kappa shape index (κ3) is 7.44. The number of benzene rings is 1. The minimum absolute atomic E-state index is 0. The zero-order chi connectivity index (χ0) is 20.5. The number of primary amides is 1. The summed E-state index contributed by atoms with van der Waals surface area (Å²) in [5.41, 5.74) is 6.16. The van der Waals surface area contributed by atoms with Crippen molar-refractivity contribution >= 4 is 47.2 Å². The van der Waals surface area contributed by atoms with Gasteiger partial charge >= 0.3 is 0 Å². The zero-order valence-electron chi connectivity index (χ0n) is 17.2. The maximum Gasteiger partial charge on any atom is 0.255 e. The fraction of sp³-hybridized carbons (Fsp3) is 0.429. The largest absolute Gasteiger partial charge is 0.484 e. The monoisotopic (exact) mass is 543 g/mol. The highest BCUT2D eigenvalue weighted by Gasteiger charge is 2.24. The zero-order valence-corrected chi connectivity index (χ0v) is 20.3. The van der Waals surface area contributed by atoms with Crippen LogP contribution in [0.5, 0.6) is 5.75 Å². The smallest absolute Gasteiger partial charge is 0.255 e. The summed E-state index contributed by atoms with van der Waals surface area (Å²) in [5, 5.41) is 8.95. The summed E-state index contributed by atoms with van der Waals surface area (Å²) in [5.74, 6) is 0.892. The normalized spacial score (nSPS) is 15.3. The molecule has 1 amide bonds. The predicted molar refractivity (Wildman–Crippen MR) is 133 cm³/mol. The third-order valence-corrected chi connectivity index (χ3v) is 5.85. The average molecular weight is 543 g/mol. The van der Waals surface area contributed by atoms with Gasteiger partial charge in [-0.05, 0) is 55.1 Å². The van der Waals surface area contributed by atoms with E-state index in [1.54, 1.807) is 24.5 Å². The number of halogens is 1. The number of ether oxygens (including phenoxy) is 1. The highest BCUT2D eigenvalue weighted by molar-refractivity contribution is 14.0. The van der Waals surface area contributed by atoms with E-state index in [0.29, 0.717) is 18.3 Å². The molecule has 0 spiro atoms. The van der Waals surface area contributed by atoms with Crippen LogP contribution < -0.4 is 21.1 Å². The topological polar surface area (TPSA) is 92.0 Å². The fourth-order valence-corrected chi connectivity index (χ4v) is 4.30. The van der Waals surface area contributed by atoms with Gasteiger partial charge in [0.25, 0.3) is 5.91 Å². The molecule has 4 N–H and O–H groups in total. The van der Waals surface area contributed by atoms with Gasteiger partial charge in [0.15, 0.2) is 12.6 Å². The van der Waals surface area contributed by atoms with Crippen LogP contribution in [0.15, 0.2) is 46.8 Å². The van der Waals surface area contributed by atoms with E-state index in [4.69, 9.17) is 10.5 Å². The molecule has 0 aliphatic carbocycles. The summed E-state index contributed by atoms with van der Waals surface area (Å²) in [4.78, 5) is 19.2. The van der Waals surface area contributed by atoms with E-state index in [-0.39, 0.29) is 30.6 Å².